The Morgan fingerprint density at radius 3 is 2.84 bits per heavy atom. The van der Waals surface area contributed by atoms with Crippen LogP contribution in [-0.4, -0.2) is 20.8 Å². The first-order valence-electron chi connectivity index (χ1n) is 5.25. The third-order valence-corrected chi connectivity index (χ3v) is 2.92. The monoisotopic (exact) mass is 286 g/mol. The molecule has 0 aliphatic rings. The van der Waals surface area contributed by atoms with Gasteiger partial charge in [0.2, 0.25) is 10.9 Å². The Labute approximate surface area is 110 Å². The van der Waals surface area contributed by atoms with Crippen LogP contribution in [0.15, 0.2) is 12.1 Å². The van der Waals surface area contributed by atoms with Crippen LogP contribution < -0.4 is 5.32 Å². The fourth-order valence-corrected chi connectivity index (χ4v) is 2.08. The summed E-state index contributed by atoms with van der Waals surface area (Å²) in [6.07, 6.45) is 0. The van der Waals surface area contributed by atoms with Crippen molar-refractivity contribution in [1.29, 1.82) is 0 Å². The fourth-order valence-electron chi connectivity index (χ4n) is 1.44. The highest BCUT2D eigenvalue weighted by atomic mass is 32.1. The number of nitrogens with zero attached hydrogens (tertiary/aromatic N) is 3. The average Bonchev–Trinajstić information content (AvgIpc) is 2.77. The van der Waals surface area contributed by atoms with Gasteiger partial charge in [-0.15, -0.1) is 0 Å². The van der Waals surface area contributed by atoms with Crippen LogP contribution in [0.4, 0.5) is 19.6 Å². The molecule has 2 rings (SSSR count). The van der Waals surface area contributed by atoms with Crippen LogP contribution >= 0.6 is 11.5 Å². The number of halogens is 2. The summed E-state index contributed by atoms with van der Waals surface area (Å²) in [6.45, 7) is 2.41. The van der Waals surface area contributed by atoms with E-state index in [-0.39, 0.29) is 5.82 Å². The van der Waals surface area contributed by atoms with Crippen LogP contribution in [0.3, 0.4) is 0 Å². The summed E-state index contributed by atoms with van der Waals surface area (Å²) in [5.41, 5.74) is -1.40. The third-order valence-electron chi connectivity index (χ3n) is 2.25. The van der Waals surface area contributed by atoms with Gasteiger partial charge in [0.1, 0.15) is 5.82 Å². The molecule has 1 aromatic heterocycles. The topological polar surface area (TPSA) is 81.0 Å². The van der Waals surface area contributed by atoms with E-state index in [0.29, 0.717) is 11.7 Å². The van der Waals surface area contributed by atoms with E-state index in [9.17, 15) is 18.9 Å². The van der Waals surface area contributed by atoms with Gasteiger partial charge in [0, 0.05) is 24.1 Å². The lowest BCUT2D eigenvalue weighted by atomic mass is 10.1. The van der Waals surface area contributed by atoms with Crippen molar-refractivity contribution in [3.63, 3.8) is 0 Å². The van der Waals surface area contributed by atoms with E-state index in [1.165, 1.54) is 0 Å². The van der Waals surface area contributed by atoms with Crippen LogP contribution in [0.1, 0.15) is 6.92 Å². The summed E-state index contributed by atoms with van der Waals surface area (Å²) in [7, 11) is 0. The predicted octanol–water partition coefficient (Wildman–Crippen LogP) is 2.82. The van der Waals surface area contributed by atoms with Crippen molar-refractivity contribution in [3.8, 4) is 11.4 Å². The summed E-state index contributed by atoms with van der Waals surface area (Å²) in [4.78, 5) is 13.6. The van der Waals surface area contributed by atoms with E-state index in [1.807, 2.05) is 6.92 Å². The van der Waals surface area contributed by atoms with Gasteiger partial charge in [0.05, 0.1) is 10.5 Å². The zero-order valence-corrected chi connectivity index (χ0v) is 10.5. The molecule has 0 fully saturated rings. The SMILES string of the molecule is CCNc1nc(-c2c(F)ccc([N+](=O)[O-])c2F)ns1. The highest BCUT2D eigenvalue weighted by molar-refractivity contribution is 7.09. The van der Waals surface area contributed by atoms with Crippen molar-refractivity contribution >= 4 is 22.4 Å². The maximum absolute atomic E-state index is 13.9. The second-order valence-electron chi connectivity index (χ2n) is 3.47. The molecule has 0 aliphatic carbocycles. The zero-order valence-electron chi connectivity index (χ0n) is 9.68. The van der Waals surface area contributed by atoms with E-state index in [2.05, 4.69) is 14.7 Å². The molecule has 2 aromatic rings. The largest absolute Gasteiger partial charge is 0.361 e. The van der Waals surface area contributed by atoms with Crippen LogP contribution in [0.5, 0.6) is 0 Å². The van der Waals surface area contributed by atoms with Gasteiger partial charge in [0.25, 0.3) is 0 Å². The minimum Gasteiger partial charge on any atom is -0.361 e. The highest BCUT2D eigenvalue weighted by Crippen LogP contribution is 2.31. The smallest absolute Gasteiger partial charge is 0.305 e. The molecule has 0 aliphatic heterocycles. The summed E-state index contributed by atoms with van der Waals surface area (Å²) in [6, 6.07) is 1.59. The first-order chi connectivity index (χ1) is 9.04. The van der Waals surface area contributed by atoms with Gasteiger partial charge >= 0.3 is 5.69 Å². The second kappa shape index (κ2) is 5.22. The zero-order chi connectivity index (χ0) is 14.0. The molecule has 1 aromatic carbocycles. The van der Waals surface area contributed by atoms with Crippen LogP contribution in [0, 0.1) is 21.7 Å². The minimum atomic E-state index is -1.27. The lowest BCUT2D eigenvalue weighted by Gasteiger charge is -2.01. The fraction of sp³-hybridized carbons (Fsp3) is 0.200. The molecule has 6 nitrogen and oxygen atoms in total. The van der Waals surface area contributed by atoms with E-state index in [0.717, 1.165) is 23.7 Å². The molecule has 0 saturated carbocycles. The summed E-state index contributed by atoms with van der Waals surface area (Å²) in [5, 5.41) is 13.8. The first-order valence-corrected chi connectivity index (χ1v) is 6.02. The lowest BCUT2D eigenvalue weighted by molar-refractivity contribution is -0.387. The number of nitro groups is 1. The Morgan fingerprint density at radius 1 is 1.47 bits per heavy atom. The van der Waals surface area contributed by atoms with E-state index in [4.69, 9.17) is 0 Å². The van der Waals surface area contributed by atoms with E-state index < -0.39 is 27.8 Å². The number of anilines is 1. The average molecular weight is 286 g/mol. The Hall–Kier alpha value is -2.16. The van der Waals surface area contributed by atoms with Crippen molar-refractivity contribution in [1.82, 2.24) is 9.36 Å². The molecular formula is C10H8F2N4O2S. The van der Waals surface area contributed by atoms with Crippen LogP contribution in [0.2, 0.25) is 0 Å². The summed E-state index contributed by atoms with van der Waals surface area (Å²) < 4.78 is 31.3. The summed E-state index contributed by atoms with van der Waals surface area (Å²) in [5.74, 6) is -2.42. The molecule has 1 N–H and O–H groups in total. The summed E-state index contributed by atoms with van der Waals surface area (Å²) >= 11 is 0.925. The molecule has 0 atom stereocenters. The van der Waals surface area contributed by atoms with Crippen molar-refractivity contribution in [2.45, 2.75) is 6.92 Å². The number of benzene rings is 1. The maximum atomic E-state index is 13.9. The molecule has 0 unspecified atom stereocenters. The first kappa shape index (κ1) is 13.3. The lowest BCUT2D eigenvalue weighted by Crippen LogP contribution is -1.99. The van der Waals surface area contributed by atoms with Crippen molar-refractivity contribution in [3.05, 3.63) is 33.9 Å². The van der Waals surface area contributed by atoms with Crippen LogP contribution in [-0.2, 0) is 0 Å². The number of nitro benzene ring substituents is 1. The van der Waals surface area contributed by atoms with Crippen LogP contribution in [0.25, 0.3) is 11.4 Å². The quantitative estimate of drug-likeness (QED) is 0.690. The van der Waals surface area contributed by atoms with Gasteiger partial charge in [0.15, 0.2) is 5.82 Å². The number of aromatic nitrogens is 2. The molecular weight excluding hydrogens is 278 g/mol. The standard InChI is InChI=1S/C10H8F2N4O2S/c1-2-13-10-14-9(15-19-10)7-5(11)3-4-6(8(7)12)16(17)18/h3-4H,2H2,1H3,(H,13,14,15). The van der Waals surface area contributed by atoms with Gasteiger partial charge in [-0.2, -0.15) is 13.7 Å². The molecule has 0 saturated heterocycles. The van der Waals surface area contributed by atoms with Gasteiger partial charge < -0.3 is 5.32 Å². The molecule has 9 heteroatoms. The molecule has 0 radical (unpaired) electrons. The molecule has 0 spiro atoms. The Bertz CT molecular complexity index is 632. The van der Waals surface area contributed by atoms with Crippen molar-refractivity contribution in [2.24, 2.45) is 0 Å². The second-order valence-corrected chi connectivity index (χ2v) is 4.22. The highest BCUT2D eigenvalue weighted by Gasteiger charge is 2.25. The molecule has 19 heavy (non-hydrogen) atoms. The van der Waals surface area contributed by atoms with Gasteiger partial charge in [-0.05, 0) is 13.0 Å². The van der Waals surface area contributed by atoms with E-state index in [1.54, 1.807) is 0 Å². The number of nitrogens with one attached hydrogen (secondary N) is 1. The molecule has 1 heterocycles. The van der Waals surface area contributed by atoms with Gasteiger partial charge in [-0.25, -0.2) is 4.39 Å². The van der Waals surface area contributed by atoms with Gasteiger partial charge in [-0.3, -0.25) is 10.1 Å². The predicted molar refractivity (Wildman–Crippen MR) is 66.1 cm³/mol. The Kier molecular flexibility index (Phi) is 3.65. The van der Waals surface area contributed by atoms with Crippen molar-refractivity contribution in [2.75, 3.05) is 11.9 Å². The number of rotatable bonds is 4. The maximum Gasteiger partial charge on any atom is 0.305 e. The Balaban J connectivity index is 2.53. The minimum absolute atomic E-state index is 0.209. The van der Waals surface area contributed by atoms with Gasteiger partial charge in [-0.1, -0.05) is 0 Å². The normalized spacial score (nSPS) is 10.5. The molecule has 0 bridgehead atoms. The van der Waals surface area contributed by atoms with Crippen molar-refractivity contribution < 1.29 is 13.7 Å². The molecule has 100 valence electrons. The number of hydrogen-bond acceptors (Lipinski definition) is 6. The van der Waals surface area contributed by atoms with E-state index >= 15 is 0 Å². The molecule has 0 amide bonds. The Morgan fingerprint density at radius 2 is 2.21 bits per heavy atom. The number of hydrogen-bond donors (Lipinski definition) is 1. The third kappa shape index (κ3) is 2.50.